The molecule has 0 aromatic heterocycles. The van der Waals surface area contributed by atoms with Crippen LogP contribution in [0, 0.1) is 5.92 Å². The van der Waals surface area contributed by atoms with E-state index in [-0.39, 0.29) is 0 Å². The van der Waals surface area contributed by atoms with Crippen LogP contribution in [0.25, 0.3) is 0 Å². The minimum atomic E-state index is -1.04. The fourth-order valence-corrected chi connectivity index (χ4v) is 2.13. The number of carbonyl (C=O) groups is 1. The molecule has 0 saturated carbocycles. The topological polar surface area (TPSA) is 76.0 Å². The summed E-state index contributed by atoms with van der Waals surface area (Å²) >= 11 is 0. The van der Waals surface area contributed by atoms with E-state index in [1.165, 1.54) is 0 Å². The monoisotopic (exact) mass is 266 g/mol. The Morgan fingerprint density at radius 3 is 2.63 bits per heavy atom. The number of benzene rings is 1. The number of aliphatic hydroxyl groups is 1. The lowest BCUT2D eigenvalue weighted by Gasteiger charge is -2.19. The van der Waals surface area contributed by atoms with Crippen molar-refractivity contribution in [3.8, 4) is 11.5 Å². The highest BCUT2D eigenvalue weighted by Crippen LogP contribution is 2.34. The molecule has 19 heavy (non-hydrogen) atoms. The fraction of sp³-hybridized carbons (Fsp3) is 0.500. The maximum absolute atomic E-state index is 11.1. The number of hydrogen-bond acceptors (Lipinski definition) is 4. The lowest BCUT2D eigenvalue weighted by molar-refractivity contribution is -0.146. The van der Waals surface area contributed by atoms with Crippen LogP contribution < -0.4 is 9.47 Å². The van der Waals surface area contributed by atoms with Crippen molar-refractivity contribution in [2.45, 2.75) is 25.9 Å². The van der Waals surface area contributed by atoms with Crippen LogP contribution in [0.3, 0.4) is 0 Å². The Hall–Kier alpha value is -1.75. The molecule has 104 valence electrons. The lowest BCUT2D eigenvalue weighted by Crippen LogP contribution is -2.21. The molecule has 0 amide bonds. The molecule has 5 heteroatoms. The Labute approximate surface area is 111 Å². The highest BCUT2D eigenvalue weighted by atomic mass is 16.5. The number of carboxylic acid groups (broad SMARTS) is 1. The van der Waals surface area contributed by atoms with E-state index in [1.807, 2.05) is 0 Å². The molecule has 1 aliphatic rings. The number of hydrogen-bond donors (Lipinski definition) is 2. The molecule has 2 N–H and O–H groups in total. The van der Waals surface area contributed by atoms with Crippen LogP contribution in [0.2, 0.25) is 0 Å². The molecule has 1 aromatic rings. The Morgan fingerprint density at radius 1 is 1.32 bits per heavy atom. The van der Waals surface area contributed by atoms with E-state index in [2.05, 4.69) is 0 Å². The zero-order valence-electron chi connectivity index (χ0n) is 10.8. The molecule has 2 unspecified atom stereocenters. The van der Waals surface area contributed by atoms with Gasteiger partial charge in [-0.2, -0.15) is 0 Å². The van der Waals surface area contributed by atoms with Gasteiger partial charge >= 0.3 is 5.97 Å². The van der Waals surface area contributed by atoms with Crippen molar-refractivity contribution < 1.29 is 24.5 Å². The van der Waals surface area contributed by atoms with E-state index in [9.17, 15) is 9.90 Å². The average Bonchev–Trinajstić information content (AvgIpc) is 2.63. The van der Waals surface area contributed by atoms with E-state index in [0.717, 1.165) is 6.42 Å². The average molecular weight is 266 g/mol. The summed E-state index contributed by atoms with van der Waals surface area (Å²) < 4.78 is 11.0. The molecular weight excluding hydrogens is 248 g/mol. The molecule has 0 radical (unpaired) electrons. The molecule has 1 aliphatic heterocycles. The first kappa shape index (κ1) is 13.7. The smallest absolute Gasteiger partial charge is 0.309 e. The first-order chi connectivity index (χ1) is 9.13. The number of carboxylic acids is 1. The third-order valence-corrected chi connectivity index (χ3v) is 3.25. The summed E-state index contributed by atoms with van der Waals surface area (Å²) in [5.41, 5.74) is 0.540. The van der Waals surface area contributed by atoms with Crippen molar-refractivity contribution in [2.75, 3.05) is 13.2 Å². The SMILES string of the molecule is CCC(C(=O)O)C(O)c1ccc2c(c1)OCCCO2. The molecule has 2 atom stereocenters. The van der Waals surface area contributed by atoms with Crippen LogP contribution in [0.5, 0.6) is 11.5 Å². The molecule has 0 fully saturated rings. The Kier molecular flexibility index (Phi) is 4.27. The number of ether oxygens (including phenoxy) is 2. The molecule has 2 rings (SSSR count). The van der Waals surface area contributed by atoms with Gasteiger partial charge in [0.25, 0.3) is 0 Å². The zero-order valence-corrected chi connectivity index (χ0v) is 10.8. The van der Waals surface area contributed by atoms with Crippen molar-refractivity contribution in [1.29, 1.82) is 0 Å². The highest BCUT2D eigenvalue weighted by Gasteiger charge is 2.27. The zero-order chi connectivity index (χ0) is 13.8. The quantitative estimate of drug-likeness (QED) is 0.871. The molecule has 0 saturated heterocycles. The van der Waals surface area contributed by atoms with Crippen molar-refractivity contribution in [2.24, 2.45) is 5.92 Å². The van der Waals surface area contributed by atoms with E-state index in [0.29, 0.717) is 36.7 Å². The third kappa shape index (κ3) is 2.98. The number of aliphatic hydroxyl groups excluding tert-OH is 1. The molecule has 5 nitrogen and oxygen atoms in total. The van der Waals surface area contributed by atoms with Crippen LogP contribution in [-0.4, -0.2) is 29.4 Å². The minimum absolute atomic E-state index is 0.366. The van der Waals surface area contributed by atoms with Gasteiger partial charge in [-0.1, -0.05) is 13.0 Å². The van der Waals surface area contributed by atoms with E-state index >= 15 is 0 Å². The van der Waals surface area contributed by atoms with Gasteiger partial charge in [0, 0.05) is 6.42 Å². The predicted molar refractivity (Wildman–Crippen MR) is 68.4 cm³/mol. The maximum atomic E-state index is 11.1. The second-order valence-electron chi connectivity index (χ2n) is 4.55. The van der Waals surface area contributed by atoms with E-state index in [1.54, 1.807) is 25.1 Å². The van der Waals surface area contributed by atoms with Gasteiger partial charge in [-0.05, 0) is 24.1 Å². The normalized spacial score (nSPS) is 17.4. The largest absolute Gasteiger partial charge is 0.490 e. The summed E-state index contributed by atoms with van der Waals surface area (Å²) in [6.45, 7) is 2.90. The van der Waals surface area contributed by atoms with Gasteiger partial charge in [-0.3, -0.25) is 4.79 Å². The summed E-state index contributed by atoms with van der Waals surface area (Å²) in [4.78, 5) is 11.1. The Bertz CT molecular complexity index is 457. The summed E-state index contributed by atoms with van der Waals surface area (Å²) in [6.07, 6.45) is 0.129. The second kappa shape index (κ2) is 5.93. The van der Waals surface area contributed by atoms with Crippen LogP contribution in [-0.2, 0) is 4.79 Å². The van der Waals surface area contributed by atoms with Gasteiger partial charge in [0.15, 0.2) is 11.5 Å². The molecular formula is C14H18O5. The predicted octanol–water partition coefficient (Wildman–Crippen LogP) is 1.99. The second-order valence-corrected chi connectivity index (χ2v) is 4.55. The van der Waals surface area contributed by atoms with E-state index in [4.69, 9.17) is 14.6 Å². The third-order valence-electron chi connectivity index (χ3n) is 3.25. The fourth-order valence-electron chi connectivity index (χ4n) is 2.13. The number of aliphatic carboxylic acids is 1. The van der Waals surface area contributed by atoms with Gasteiger partial charge in [-0.15, -0.1) is 0 Å². The summed E-state index contributed by atoms with van der Waals surface area (Å²) in [6, 6.07) is 5.06. The van der Waals surface area contributed by atoms with Crippen molar-refractivity contribution >= 4 is 5.97 Å². The molecule has 0 aliphatic carbocycles. The van der Waals surface area contributed by atoms with Crippen molar-refractivity contribution in [3.63, 3.8) is 0 Å². The standard InChI is InChI=1S/C14H18O5/c1-2-10(14(16)17)13(15)9-4-5-11-12(8-9)19-7-3-6-18-11/h4-5,8,10,13,15H,2-3,6-7H2,1H3,(H,16,17). The van der Waals surface area contributed by atoms with Crippen molar-refractivity contribution in [3.05, 3.63) is 23.8 Å². The molecule has 1 heterocycles. The van der Waals surface area contributed by atoms with Gasteiger partial charge in [0.2, 0.25) is 0 Å². The molecule has 0 spiro atoms. The first-order valence-electron chi connectivity index (χ1n) is 6.44. The Balaban J connectivity index is 2.25. The lowest BCUT2D eigenvalue weighted by atomic mass is 9.93. The number of fused-ring (bicyclic) bond motifs is 1. The van der Waals surface area contributed by atoms with Crippen LogP contribution in [0.1, 0.15) is 31.4 Å². The van der Waals surface area contributed by atoms with Crippen molar-refractivity contribution in [1.82, 2.24) is 0 Å². The Morgan fingerprint density at radius 2 is 2.00 bits per heavy atom. The molecule has 0 bridgehead atoms. The van der Waals surface area contributed by atoms with E-state index < -0.39 is 18.0 Å². The van der Waals surface area contributed by atoms with Gasteiger partial charge in [0.1, 0.15) is 0 Å². The van der Waals surface area contributed by atoms with Crippen LogP contribution in [0.15, 0.2) is 18.2 Å². The maximum Gasteiger partial charge on any atom is 0.309 e. The minimum Gasteiger partial charge on any atom is -0.490 e. The van der Waals surface area contributed by atoms with Gasteiger partial charge < -0.3 is 19.7 Å². The van der Waals surface area contributed by atoms with Crippen LogP contribution in [0.4, 0.5) is 0 Å². The number of rotatable bonds is 4. The highest BCUT2D eigenvalue weighted by molar-refractivity contribution is 5.71. The van der Waals surface area contributed by atoms with Crippen LogP contribution >= 0.6 is 0 Å². The molecule has 1 aromatic carbocycles. The van der Waals surface area contributed by atoms with Gasteiger partial charge in [-0.25, -0.2) is 0 Å². The summed E-state index contributed by atoms with van der Waals surface area (Å²) in [7, 11) is 0. The summed E-state index contributed by atoms with van der Waals surface area (Å²) in [5.74, 6) is -0.613. The first-order valence-corrected chi connectivity index (χ1v) is 6.44. The van der Waals surface area contributed by atoms with Gasteiger partial charge in [0.05, 0.1) is 25.2 Å². The summed E-state index contributed by atoms with van der Waals surface area (Å²) in [5, 5.41) is 19.2.